The third-order valence-corrected chi connectivity index (χ3v) is 13.8. The summed E-state index contributed by atoms with van der Waals surface area (Å²) in [7, 11) is 0. The van der Waals surface area contributed by atoms with E-state index in [9.17, 15) is 10.2 Å². The van der Waals surface area contributed by atoms with Gasteiger partial charge in [-0.05, 0) is 73.3 Å². The Hall–Kier alpha value is -8.40. The van der Waals surface area contributed by atoms with Gasteiger partial charge < -0.3 is 19.3 Å². The number of rotatable bonds is 20. The van der Waals surface area contributed by atoms with Crippen LogP contribution in [0.2, 0.25) is 10.3 Å². The Morgan fingerprint density at radius 1 is 0.506 bits per heavy atom. The number of nitrogens with one attached hydrogen (secondary N) is 1. The predicted octanol–water partition coefficient (Wildman–Crippen LogP) is 12.8. The van der Waals surface area contributed by atoms with E-state index in [1.54, 1.807) is 4.80 Å². The monoisotopic (exact) mass is 1090 g/mol. The molecule has 11 rings (SSSR count). The SMILES string of the molecule is [2H]C([2H])(O)c1c(Cl)nc(C([2H])([2H])CCC)n1Cc1ccc(-c2ccccc2-c2nn[nH]n2)cc1.[2H]C([2H])(O)c1c(Cl)nc(C([2H])([2H])CCC)n1Cc1ccc(-c2ccccc2-c2nnn(C(c3ccccc3)(c3ccccc3)c3ccccc3)n2)cc1. The molecule has 0 aliphatic heterocycles. The van der Waals surface area contributed by atoms with Crippen molar-refractivity contribution in [1.82, 2.24) is 59.9 Å². The smallest absolute Gasteiger partial charge is 0.205 e. The minimum Gasteiger partial charge on any atom is -0.390 e. The van der Waals surface area contributed by atoms with Gasteiger partial charge in [-0.15, -0.1) is 25.2 Å². The van der Waals surface area contributed by atoms with Crippen molar-refractivity contribution in [1.29, 1.82) is 0 Å². The first kappa shape index (κ1) is 44.6. The van der Waals surface area contributed by atoms with E-state index in [2.05, 4.69) is 72.1 Å². The maximum atomic E-state index is 10.4. The van der Waals surface area contributed by atoms with E-state index in [4.69, 9.17) is 44.5 Å². The van der Waals surface area contributed by atoms with Crippen molar-refractivity contribution in [3.05, 3.63) is 249 Å². The first-order chi connectivity index (χ1) is 41.6. The third-order valence-electron chi connectivity index (χ3n) is 13.3. The average molecular weight is 1100 g/mol. The summed E-state index contributed by atoms with van der Waals surface area (Å²) >= 11 is 12.5. The molecule has 4 aromatic heterocycles. The Balaban J connectivity index is 0.000000212. The van der Waals surface area contributed by atoms with Crippen molar-refractivity contribution < 1.29 is 21.2 Å². The number of benzene rings is 7. The standard InChI is InChI=1S/C41H37ClN6O.C22H23ClN6O/c1-2-3-23-38-43-39(42)37(29-49)47(38)28-30-24-26-31(27-25-30)35-21-13-14-22-36(35)40-44-46-48(45-40)41(32-15-7-4-8-16-32,33-17-9-5-10-18-33)34-19-11-6-12-20-34;1-2-3-8-20-24-21(23)19(14-30)29(20)13-15-9-11-16(12-10-15)17-6-4-5-7-18(17)22-25-27-28-26-22/h4-22,24-27,49H,2-3,23,28-29H2,1H3;4-7,9-12,30H,2-3,8,13-14H2,1H3,(H,25,26,27,28)/i23D2,29D2;8D2,14D2. The fraction of sp³-hybridized carbons (Fsp3) is 0.206. The summed E-state index contributed by atoms with van der Waals surface area (Å²) in [5, 5.41) is 48.6. The van der Waals surface area contributed by atoms with E-state index >= 15 is 0 Å². The molecule has 79 heavy (non-hydrogen) atoms. The molecule has 0 amide bonds. The number of H-pyrrole nitrogens is 1. The zero-order valence-corrected chi connectivity index (χ0v) is 44.7. The zero-order valence-electron chi connectivity index (χ0n) is 51.2. The molecule has 0 unspecified atom stereocenters. The van der Waals surface area contributed by atoms with E-state index in [1.807, 2.05) is 166 Å². The number of nitrogens with zero attached hydrogens (tertiary/aromatic N) is 11. The van der Waals surface area contributed by atoms with Crippen molar-refractivity contribution >= 4 is 23.2 Å². The third kappa shape index (κ3) is 11.6. The minimum absolute atomic E-state index is 0.0150. The van der Waals surface area contributed by atoms with Gasteiger partial charge in [-0.3, -0.25) is 0 Å². The maximum Gasteiger partial charge on any atom is 0.205 e. The summed E-state index contributed by atoms with van der Waals surface area (Å²) in [6.45, 7) is -1.77. The number of imidazole rings is 2. The summed E-state index contributed by atoms with van der Waals surface area (Å²) in [6.07, 6.45) is -2.28. The average Bonchev–Trinajstić information content (AvgIpc) is 1.79. The normalized spacial score (nSPS) is 13.6. The summed E-state index contributed by atoms with van der Waals surface area (Å²) in [5.74, 6) is 0.880. The first-order valence-electron chi connectivity index (χ1n) is 29.7. The second-order valence-electron chi connectivity index (χ2n) is 18.3. The Kier molecular flexibility index (Phi) is 14.3. The van der Waals surface area contributed by atoms with Crippen LogP contribution >= 0.6 is 23.2 Å². The van der Waals surface area contributed by atoms with Crippen LogP contribution in [0.1, 0.15) is 101 Å². The molecular formula is C63H60Cl2N12O2. The number of tetrazole rings is 2. The molecule has 0 atom stereocenters. The topological polar surface area (TPSA) is 174 Å². The van der Waals surface area contributed by atoms with Gasteiger partial charge >= 0.3 is 0 Å². The van der Waals surface area contributed by atoms with Gasteiger partial charge in [0.25, 0.3) is 0 Å². The van der Waals surface area contributed by atoms with Gasteiger partial charge in [0, 0.05) is 42.4 Å². The molecule has 0 aliphatic carbocycles. The summed E-state index contributed by atoms with van der Waals surface area (Å²) in [5.41, 5.74) is 8.13. The highest BCUT2D eigenvalue weighted by Crippen LogP contribution is 2.41. The predicted molar refractivity (Wildman–Crippen MR) is 310 cm³/mol. The van der Waals surface area contributed by atoms with Crippen molar-refractivity contribution in [2.75, 3.05) is 0 Å². The van der Waals surface area contributed by atoms with Crippen molar-refractivity contribution in [3.8, 4) is 45.0 Å². The first-order valence-corrected chi connectivity index (χ1v) is 26.5. The molecule has 0 bridgehead atoms. The van der Waals surface area contributed by atoms with Crippen molar-refractivity contribution in [3.63, 3.8) is 0 Å². The molecule has 398 valence electrons. The molecule has 4 heterocycles. The van der Waals surface area contributed by atoms with Crippen LogP contribution in [0.3, 0.4) is 0 Å². The van der Waals surface area contributed by atoms with Crippen LogP contribution in [0.25, 0.3) is 45.0 Å². The number of aryl methyl sites for hydroxylation is 2. The van der Waals surface area contributed by atoms with Gasteiger partial charge in [0.2, 0.25) is 11.6 Å². The highest BCUT2D eigenvalue weighted by atomic mass is 35.5. The highest BCUT2D eigenvalue weighted by Gasteiger charge is 2.41. The molecule has 0 radical (unpaired) electrons. The molecule has 0 saturated heterocycles. The van der Waals surface area contributed by atoms with E-state index < -0.39 is 31.4 Å². The molecule has 0 fully saturated rings. The molecule has 0 spiro atoms. The second-order valence-corrected chi connectivity index (χ2v) is 19.0. The number of aliphatic hydroxyl groups is 2. The molecule has 0 saturated carbocycles. The van der Waals surface area contributed by atoms with Gasteiger partial charge in [-0.25, -0.2) is 9.97 Å². The van der Waals surface area contributed by atoms with Crippen molar-refractivity contribution in [2.24, 2.45) is 0 Å². The molecule has 14 nitrogen and oxygen atoms in total. The number of hydrogen-bond acceptors (Lipinski definition) is 10. The number of aromatic amines is 1. The molecule has 16 heteroatoms. The van der Waals surface area contributed by atoms with Crippen LogP contribution in [0.4, 0.5) is 0 Å². The molecule has 11 aromatic rings. The Labute approximate surface area is 480 Å². The Morgan fingerprint density at radius 3 is 1.30 bits per heavy atom. The summed E-state index contributed by atoms with van der Waals surface area (Å²) in [6, 6.07) is 61.2. The van der Waals surface area contributed by atoms with Crippen LogP contribution < -0.4 is 0 Å². The van der Waals surface area contributed by atoms with Crippen LogP contribution in [0.15, 0.2) is 188 Å². The lowest BCUT2D eigenvalue weighted by atomic mass is 9.77. The lowest BCUT2D eigenvalue weighted by Gasteiger charge is -2.34. The van der Waals surface area contributed by atoms with Gasteiger partial charge in [0.15, 0.2) is 15.8 Å². The largest absolute Gasteiger partial charge is 0.390 e. The molecule has 0 aliphatic rings. The van der Waals surface area contributed by atoms with Crippen LogP contribution in [0.5, 0.6) is 0 Å². The fourth-order valence-electron chi connectivity index (χ4n) is 9.54. The van der Waals surface area contributed by atoms with Crippen LogP contribution in [0, 0.1) is 0 Å². The number of hydrogen-bond donors (Lipinski definition) is 3. The lowest BCUT2D eigenvalue weighted by molar-refractivity contribution is 0.271. The second kappa shape index (κ2) is 25.4. The molecule has 7 aromatic carbocycles. The van der Waals surface area contributed by atoms with Crippen LogP contribution in [-0.2, 0) is 44.5 Å². The highest BCUT2D eigenvalue weighted by molar-refractivity contribution is 6.30. The Morgan fingerprint density at radius 2 is 0.911 bits per heavy atom. The quantitative estimate of drug-likeness (QED) is 0.0623. The van der Waals surface area contributed by atoms with E-state index in [0.717, 1.165) is 61.2 Å². The summed E-state index contributed by atoms with van der Waals surface area (Å²) < 4.78 is 68.5. The van der Waals surface area contributed by atoms with Gasteiger partial charge in [0.1, 0.15) is 11.6 Å². The maximum absolute atomic E-state index is 10.4. The van der Waals surface area contributed by atoms with Crippen LogP contribution in [-0.4, -0.2) is 70.1 Å². The van der Waals surface area contributed by atoms with Crippen molar-refractivity contribution in [2.45, 2.75) is 84.0 Å². The van der Waals surface area contributed by atoms with E-state index in [0.29, 0.717) is 24.5 Å². The number of halogens is 2. The van der Waals surface area contributed by atoms with Gasteiger partial charge in [-0.2, -0.15) is 5.21 Å². The molecular weight excluding hydrogens is 1030 g/mol. The zero-order chi connectivity index (χ0) is 61.7. The Bertz CT molecular complexity index is 3990. The van der Waals surface area contributed by atoms with Gasteiger partial charge in [0.05, 0.1) is 30.0 Å². The lowest BCUT2D eigenvalue weighted by Crippen LogP contribution is -2.39. The van der Waals surface area contributed by atoms with E-state index in [-0.39, 0.29) is 59.3 Å². The van der Waals surface area contributed by atoms with E-state index in [1.165, 1.54) is 9.13 Å². The fourth-order valence-corrected chi connectivity index (χ4v) is 9.99. The summed E-state index contributed by atoms with van der Waals surface area (Å²) in [4.78, 5) is 9.98. The minimum atomic E-state index is -2.83. The number of aromatic nitrogens is 12. The van der Waals surface area contributed by atoms with Gasteiger partial charge in [-0.1, -0.05) is 238 Å². The molecule has 3 N–H and O–H groups in total.